The molecule has 1 rings (SSSR count). The van der Waals surface area contributed by atoms with E-state index in [-0.39, 0.29) is 51.4 Å². The predicted octanol–water partition coefficient (Wildman–Crippen LogP) is -0.512. The van der Waals surface area contributed by atoms with E-state index in [9.17, 15) is 4.79 Å². The van der Waals surface area contributed by atoms with E-state index in [1.807, 2.05) is 0 Å². The standard InChI is InChI=1S/C8H9OS.K/c1-6(2)8-4-3-7(5-9)10-8;/h3,5-6H,1-2H3;/q-1;+1. The Labute approximate surface area is 114 Å². The molecule has 11 heavy (non-hydrogen) atoms. The molecule has 1 heterocycles. The molecule has 0 saturated heterocycles. The Hall–Kier alpha value is 1.01. The van der Waals surface area contributed by atoms with Crippen molar-refractivity contribution >= 4 is 17.6 Å². The van der Waals surface area contributed by atoms with E-state index in [0.29, 0.717) is 5.92 Å². The minimum Gasteiger partial charge on any atom is -0.318 e. The summed E-state index contributed by atoms with van der Waals surface area (Å²) in [6.07, 6.45) is 0.868. The van der Waals surface area contributed by atoms with Crippen LogP contribution in [0.25, 0.3) is 0 Å². The average molecular weight is 192 g/mol. The van der Waals surface area contributed by atoms with Crippen molar-refractivity contribution in [3.05, 3.63) is 21.9 Å². The van der Waals surface area contributed by atoms with Crippen molar-refractivity contribution in [1.82, 2.24) is 0 Å². The Bertz CT molecular complexity index is 230. The topological polar surface area (TPSA) is 17.1 Å². The first kappa shape index (κ1) is 12.0. The Morgan fingerprint density at radius 1 is 1.64 bits per heavy atom. The molecule has 0 atom stereocenters. The molecule has 0 fully saturated rings. The van der Waals surface area contributed by atoms with Crippen LogP contribution >= 0.6 is 11.3 Å². The van der Waals surface area contributed by atoms with Crippen LogP contribution in [0, 0.1) is 6.07 Å². The van der Waals surface area contributed by atoms with Gasteiger partial charge in [-0.25, -0.2) is 12.1 Å². The summed E-state index contributed by atoms with van der Waals surface area (Å²) in [6, 6.07) is 4.79. The quantitative estimate of drug-likeness (QED) is 0.350. The predicted molar refractivity (Wildman–Crippen MR) is 42.6 cm³/mol. The van der Waals surface area contributed by atoms with Crippen LogP contribution in [0.4, 0.5) is 0 Å². The molecule has 1 nitrogen and oxygen atoms in total. The normalized spacial score (nSPS) is 9.36. The zero-order valence-electron chi connectivity index (χ0n) is 7.05. The van der Waals surface area contributed by atoms with Gasteiger partial charge in [-0.15, -0.1) is 4.88 Å². The van der Waals surface area contributed by atoms with Gasteiger partial charge in [0, 0.05) is 0 Å². The average Bonchev–Trinajstić information content (AvgIpc) is 2.34. The number of aldehydes is 1. The summed E-state index contributed by atoms with van der Waals surface area (Å²) < 4.78 is 0. The van der Waals surface area contributed by atoms with E-state index in [4.69, 9.17) is 0 Å². The fraction of sp³-hybridized carbons (Fsp3) is 0.375. The maximum absolute atomic E-state index is 10.2. The zero-order valence-corrected chi connectivity index (χ0v) is 11.0. The molecule has 0 aromatic carbocycles. The number of hydrogen-bond acceptors (Lipinski definition) is 2. The van der Waals surface area contributed by atoms with Crippen LogP contribution in [0.2, 0.25) is 0 Å². The maximum Gasteiger partial charge on any atom is 1.00 e. The molecule has 0 amide bonds. The summed E-state index contributed by atoms with van der Waals surface area (Å²) >= 11 is 1.52. The summed E-state index contributed by atoms with van der Waals surface area (Å²) in [4.78, 5) is 12.2. The maximum atomic E-state index is 10.2. The third kappa shape index (κ3) is 3.48. The minimum atomic E-state index is 0. The van der Waals surface area contributed by atoms with E-state index in [1.54, 1.807) is 6.07 Å². The molecule has 0 unspecified atom stereocenters. The molecule has 54 valence electrons. The van der Waals surface area contributed by atoms with Crippen molar-refractivity contribution in [3.8, 4) is 0 Å². The van der Waals surface area contributed by atoms with Crippen molar-refractivity contribution in [2.75, 3.05) is 0 Å². The molecule has 1 aromatic rings. The van der Waals surface area contributed by atoms with E-state index in [2.05, 4.69) is 19.9 Å². The van der Waals surface area contributed by atoms with Crippen LogP contribution in [0.1, 0.15) is 34.3 Å². The Morgan fingerprint density at radius 2 is 2.27 bits per heavy atom. The Balaban J connectivity index is 0.000001000. The van der Waals surface area contributed by atoms with Crippen LogP contribution in [0.15, 0.2) is 6.07 Å². The molecule has 3 heteroatoms. The largest absolute Gasteiger partial charge is 1.00 e. The molecule has 0 aliphatic rings. The van der Waals surface area contributed by atoms with Gasteiger partial charge in [-0.2, -0.15) is 0 Å². The van der Waals surface area contributed by atoms with Gasteiger partial charge >= 0.3 is 51.4 Å². The van der Waals surface area contributed by atoms with Crippen molar-refractivity contribution in [2.24, 2.45) is 0 Å². The van der Waals surface area contributed by atoms with Crippen LogP contribution in [0.5, 0.6) is 0 Å². The first-order valence-electron chi connectivity index (χ1n) is 3.20. The number of carbonyl (C=O) groups excluding carboxylic acids is 1. The van der Waals surface area contributed by atoms with Crippen molar-refractivity contribution < 1.29 is 56.2 Å². The number of carbonyl (C=O) groups is 1. The van der Waals surface area contributed by atoms with Gasteiger partial charge in [-0.3, -0.25) is 11.3 Å². The number of hydrogen-bond donors (Lipinski definition) is 0. The fourth-order valence-corrected chi connectivity index (χ4v) is 1.44. The monoisotopic (exact) mass is 192 g/mol. The second-order valence-corrected chi connectivity index (χ2v) is 3.55. The van der Waals surface area contributed by atoms with Gasteiger partial charge in [0.2, 0.25) is 0 Å². The molecule has 0 radical (unpaired) electrons. The van der Waals surface area contributed by atoms with Gasteiger partial charge < -0.3 is 4.79 Å². The third-order valence-electron chi connectivity index (χ3n) is 1.23. The van der Waals surface area contributed by atoms with Crippen molar-refractivity contribution in [2.45, 2.75) is 19.8 Å². The first-order valence-corrected chi connectivity index (χ1v) is 4.02. The molecule has 0 aliphatic heterocycles. The summed E-state index contributed by atoms with van der Waals surface area (Å²) in [7, 11) is 0. The van der Waals surface area contributed by atoms with E-state index >= 15 is 0 Å². The zero-order chi connectivity index (χ0) is 7.56. The fourth-order valence-electron chi connectivity index (χ4n) is 0.671. The van der Waals surface area contributed by atoms with Crippen LogP contribution < -0.4 is 51.4 Å². The van der Waals surface area contributed by atoms with Crippen LogP contribution in [-0.4, -0.2) is 6.29 Å². The van der Waals surface area contributed by atoms with Crippen LogP contribution in [-0.2, 0) is 0 Å². The van der Waals surface area contributed by atoms with Gasteiger partial charge in [0.15, 0.2) is 0 Å². The summed E-state index contributed by atoms with van der Waals surface area (Å²) in [5.74, 6) is 0.485. The van der Waals surface area contributed by atoms with Crippen molar-refractivity contribution in [1.29, 1.82) is 0 Å². The molecule has 0 aliphatic carbocycles. The third-order valence-corrected chi connectivity index (χ3v) is 2.48. The number of thiophene rings is 1. The van der Waals surface area contributed by atoms with Gasteiger partial charge in [-0.05, 0) is 5.92 Å². The Morgan fingerprint density at radius 3 is 2.55 bits per heavy atom. The molecule has 0 saturated carbocycles. The molecule has 1 aromatic heterocycles. The van der Waals surface area contributed by atoms with Gasteiger partial charge in [0.25, 0.3) is 0 Å². The SMILES string of the molecule is CC(C)c1[c-]cc(C=O)s1.[K+]. The van der Waals surface area contributed by atoms with Crippen LogP contribution in [0.3, 0.4) is 0 Å². The van der Waals surface area contributed by atoms with E-state index < -0.39 is 0 Å². The molecule has 0 spiro atoms. The minimum absolute atomic E-state index is 0. The summed E-state index contributed by atoms with van der Waals surface area (Å²) in [5, 5.41) is 0. The molecule has 0 N–H and O–H groups in total. The second-order valence-electron chi connectivity index (χ2n) is 2.43. The summed E-state index contributed by atoms with van der Waals surface area (Å²) in [6.45, 7) is 4.19. The van der Waals surface area contributed by atoms with Gasteiger partial charge in [0.05, 0.1) is 6.29 Å². The van der Waals surface area contributed by atoms with Gasteiger partial charge in [0.1, 0.15) is 0 Å². The summed E-state index contributed by atoms with van der Waals surface area (Å²) in [5.41, 5.74) is 0. The molecular weight excluding hydrogens is 183 g/mol. The van der Waals surface area contributed by atoms with Crippen molar-refractivity contribution in [3.63, 3.8) is 0 Å². The van der Waals surface area contributed by atoms with E-state index in [0.717, 1.165) is 16.0 Å². The van der Waals surface area contributed by atoms with Gasteiger partial charge in [-0.1, -0.05) is 18.7 Å². The second kappa shape index (κ2) is 5.62. The first-order chi connectivity index (χ1) is 4.74. The molecular formula is C8H9KOS. The smallest absolute Gasteiger partial charge is 0.318 e. The number of rotatable bonds is 2. The molecule has 0 bridgehead atoms. The Kier molecular flexibility index (Phi) is 6.13. The van der Waals surface area contributed by atoms with E-state index in [1.165, 1.54) is 11.3 Å².